The molecule has 2 aromatic rings. The molecule has 2 rings (SSSR count). The van der Waals surface area contributed by atoms with Crippen molar-refractivity contribution in [2.24, 2.45) is 0 Å². The Bertz CT molecular complexity index is 1040. The molecule has 7 nitrogen and oxygen atoms in total. The summed E-state index contributed by atoms with van der Waals surface area (Å²) in [5.74, 6) is -0.572. The third-order valence-corrected chi connectivity index (χ3v) is 6.61. The van der Waals surface area contributed by atoms with Crippen LogP contribution in [0.4, 0.5) is 0 Å². The monoisotopic (exact) mass is 518 g/mol. The first-order valence-electron chi connectivity index (χ1n) is 12.0. The molecule has 0 aliphatic carbocycles. The minimum Gasteiger partial charge on any atom is -0.424 e. The Morgan fingerprint density at radius 3 is 1.33 bits per heavy atom. The number of rotatable bonds is 8. The highest BCUT2D eigenvalue weighted by molar-refractivity contribution is 7.33. The molecular weight excluding hydrogens is 479 g/mol. The van der Waals surface area contributed by atoms with E-state index in [4.69, 9.17) is 18.5 Å². The zero-order valence-electron chi connectivity index (χ0n) is 23.0. The van der Waals surface area contributed by atoms with Gasteiger partial charge in [0, 0.05) is 11.1 Å². The smallest absolute Gasteiger partial charge is 0.340 e. The van der Waals surface area contributed by atoms with Crippen molar-refractivity contribution in [3.05, 3.63) is 58.7 Å². The van der Waals surface area contributed by atoms with Gasteiger partial charge < -0.3 is 9.47 Å². The second-order valence-corrected chi connectivity index (χ2v) is 12.1. The number of aryl methyl sites for hydroxylation is 2. The van der Waals surface area contributed by atoms with Crippen molar-refractivity contribution in [2.45, 2.75) is 92.3 Å². The van der Waals surface area contributed by atoms with Gasteiger partial charge in [-0.25, -0.2) is 9.59 Å². The molecule has 0 heterocycles. The highest BCUT2D eigenvalue weighted by Crippen LogP contribution is 2.35. The van der Waals surface area contributed by atoms with Crippen molar-refractivity contribution in [1.29, 1.82) is 0 Å². The maximum Gasteiger partial charge on any atom is 0.340 e. The van der Waals surface area contributed by atoms with Crippen LogP contribution in [0.5, 0.6) is 11.5 Å². The summed E-state index contributed by atoms with van der Waals surface area (Å²) in [4.78, 5) is 25.3. The second-order valence-electron chi connectivity index (χ2n) is 11.1. The van der Waals surface area contributed by atoms with Crippen molar-refractivity contribution in [3.8, 4) is 11.5 Å². The minimum absolute atomic E-state index is 0.246. The van der Waals surface area contributed by atoms with Gasteiger partial charge in [0.1, 0.15) is 11.5 Å². The van der Waals surface area contributed by atoms with Crippen LogP contribution in [-0.2, 0) is 34.0 Å². The van der Waals surface area contributed by atoms with Crippen LogP contribution in [-0.4, -0.2) is 24.1 Å². The maximum atomic E-state index is 12.6. The van der Waals surface area contributed by atoms with Crippen LogP contribution < -0.4 is 9.47 Å². The fourth-order valence-corrected chi connectivity index (χ4v) is 4.29. The maximum absolute atomic E-state index is 12.6. The van der Waals surface area contributed by atoms with Gasteiger partial charge in [-0.05, 0) is 61.8 Å². The van der Waals surface area contributed by atoms with Crippen LogP contribution in [0.2, 0.25) is 0 Å². The van der Waals surface area contributed by atoms with Gasteiger partial charge in [-0.3, -0.25) is 13.6 Å². The predicted octanol–water partition coefficient (Wildman–Crippen LogP) is 6.61. The summed E-state index contributed by atoms with van der Waals surface area (Å²) < 4.78 is 34.1. The van der Waals surface area contributed by atoms with Gasteiger partial charge in [0.2, 0.25) is 0 Å². The summed E-state index contributed by atoms with van der Waals surface area (Å²) in [6.07, 6.45) is -2.34. The Morgan fingerprint density at radius 2 is 1.03 bits per heavy atom. The molecule has 0 fully saturated rings. The number of carbonyl (C=O) groups is 2. The van der Waals surface area contributed by atoms with Crippen LogP contribution >= 0.6 is 8.25 Å². The molecule has 2 aromatic carbocycles. The van der Waals surface area contributed by atoms with E-state index in [1.807, 2.05) is 79.7 Å². The van der Waals surface area contributed by atoms with Gasteiger partial charge in [-0.15, -0.1) is 0 Å². The van der Waals surface area contributed by atoms with E-state index in [1.54, 1.807) is 12.1 Å². The van der Waals surface area contributed by atoms with E-state index in [-0.39, 0.29) is 10.8 Å². The molecule has 0 aliphatic heterocycles. The van der Waals surface area contributed by atoms with E-state index in [9.17, 15) is 14.2 Å². The Kier molecular flexibility index (Phi) is 9.69. The molecule has 2 unspecified atom stereocenters. The molecule has 198 valence electrons. The number of hydrogen-bond acceptors (Lipinski definition) is 7. The SMILES string of the molecule is Cc1ccc(C(C)(C)C)c(OC(=O)C(C)O[PH](=O)OC(C)C(=O)Oc2cc(C)ccc2C(C)(C)C)c1. The fraction of sp³-hybridized carbons (Fsp3) is 0.500. The zero-order valence-corrected chi connectivity index (χ0v) is 24.0. The van der Waals surface area contributed by atoms with Crippen LogP contribution in [0.1, 0.15) is 77.6 Å². The lowest BCUT2D eigenvalue weighted by atomic mass is 9.86. The Balaban J connectivity index is 2.01. The molecular formula is C28H39O7P. The summed E-state index contributed by atoms with van der Waals surface area (Å²) in [7, 11) is -3.20. The van der Waals surface area contributed by atoms with Crippen LogP contribution in [0.3, 0.4) is 0 Å². The Labute approximate surface area is 215 Å². The average molecular weight is 519 g/mol. The molecule has 0 aliphatic rings. The number of hydrogen-bond donors (Lipinski definition) is 0. The van der Waals surface area contributed by atoms with Crippen LogP contribution in [0, 0.1) is 13.8 Å². The van der Waals surface area contributed by atoms with E-state index < -0.39 is 32.4 Å². The van der Waals surface area contributed by atoms with E-state index >= 15 is 0 Å². The number of esters is 2. The molecule has 36 heavy (non-hydrogen) atoms. The van der Waals surface area contributed by atoms with Crippen LogP contribution in [0.25, 0.3) is 0 Å². The van der Waals surface area contributed by atoms with E-state index in [1.165, 1.54) is 13.8 Å². The molecule has 0 aromatic heterocycles. The van der Waals surface area contributed by atoms with E-state index in [0.29, 0.717) is 11.5 Å². The largest absolute Gasteiger partial charge is 0.424 e. The van der Waals surface area contributed by atoms with Gasteiger partial charge in [0.05, 0.1) is 0 Å². The Morgan fingerprint density at radius 1 is 0.694 bits per heavy atom. The molecule has 0 radical (unpaired) electrons. The quantitative estimate of drug-likeness (QED) is 0.221. The molecule has 8 heteroatoms. The third-order valence-electron chi connectivity index (χ3n) is 5.52. The second kappa shape index (κ2) is 11.7. The van der Waals surface area contributed by atoms with Gasteiger partial charge in [-0.2, -0.15) is 0 Å². The number of ether oxygens (including phenoxy) is 2. The predicted molar refractivity (Wildman–Crippen MR) is 141 cm³/mol. The fourth-order valence-electron chi connectivity index (χ4n) is 3.46. The summed E-state index contributed by atoms with van der Waals surface area (Å²) in [5.41, 5.74) is 3.10. The van der Waals surface area contributed by atoms with Gasteiger partial charge in [0.25, 0.3) is 0 Å². The minimum atomic E-state index is -3.20. The first kappa shape index (κ1) is 29.8. The molecule has 0 amide bonds. The summed E-state index contributed by atoms with van der Waals surface area (Å²) in [6.45, 7) is 18.7. The van der Waals surface area contributed by atoms with E-state index in [2.05, 4.69) is 0 Å². The number of carbonyl (C=O) groups excluding carboxylic acids is 2. The van der Waals surface area contributed by atoms with Crippen molar-refractivity contribution in [1.82, 2.24) is 0 Å². The molecule has 2 atom stereocenters. The van der Waals surface area contributed by atoms with Crippen molar-refractivity contribution < 1.29 is 32.7 Å². The topological polar surface area (TPSA) is 88.1 Å². The average Bonchev–Trinajstić information content (AvgIpc) is 2.71. The van der Waals surface area contributed by atoms with Crippen LogP contribution in [0.15, 0.2) is 36.4 Å². The van der Waals surface area contributed by atoms with Crippen molar-refractivity contribution in [2.75, 3.05) is 0 Å². The standard InChI is InChI=1S/C28H39O7P/c1-17-11-13-21(27(5,6)7)23(15-17)32-25(29)19(3)34-36(31)35-20(4)26(30)33-24-16-18(2)12-14-22(24)28(8,9)10/h11-16,19-20,36H,1-10H3. The highest BCUT2D eigenvalue weighted by atomic mass is 31.1. The molecule has 0 saturated carbocycles. The molecule has 0 saturated heterocycles. The van der Waals surface area contributed by atoms with Gasteiger partial charge >= 0.3 is 20.2 Å². The third kappa shape index (κ3) is 8.29. The Hall–Kier alpha value is -2.47. The molecule has 0 spiro atoms. The highest BCUT2D eigenvalue weighted by Gasteiger charge is 2.27. The number of benzene rings is 2. The van der Waals surface area contributed by atoms with Gasteiger partial charge in [0.15, 0.2) is 12.2 Å². The lowest BCUT2D eigenvalue weighted by Gasteiger charge is -2.24. The first-order valence-corrected chi connectivity index (χ1v) is 13.2. The lowest BCUT2D eigenvalue weighted by molar-refractivity contribution is -0.143. The van der Waals surface area contributed by atoms with E-state index in [0.717, 1.165) is 22.3 Å². The molecule has 0 N–H and O–H groups in total. The van der Waals surface area contributed by atoms with Crippen molar-refractivity contribution in [3.63, 3.8) is 0 Å². The summed E-state index contributed by atoms with van der Waals surface area (Å²) in [6, 6.07) is 11.3. The molecule has 0 bridgehead atoms. The zero-order chi connectivity index (χ0) is 27.4. The lowest BCUT2D eigenvalue weighted by Crippen LogP contribution is -2.28. The normalized spacial score (nSPS) is 14.6. The van der Waals surface area contributed by atoms with Gasteiger partial charge in [-0.1, -0.05) is 65.8 Å². The van der Waals surface area contributed by atoms with Crippen molar-refractivity contribution >= 4 is 20.2 Å². The summed E-state index contributed by atoms with van der Waals surface area (Å²) >= 11 is 0. The summed E-state index contributed by atoms with van der Waals surface area (Å²) in [5, 5.41) is 0. The first-order chi connectivity index (χ1) is 16.5.